The minimum absolute atomic E-state index is 0.841. The topological polar surface area (TPSA) is 17.8 Å². The first kappa shape index (κ1) is 12.7. The monoisotopic (exact) mass is 352 g/mol. The van der Waals surface area contributed by atoms with E-state index in [9.17, 15) is 0 Å². The third-order valence-corrected chi connectivity index (χ3v) is 10.4. The van der Waals surface area contributed by atoms with Gasteiger partial charge in [-0.25, -0.2) is 0 Å². The van der Waals surface area contributed by atoms with Crippen LogP contribution in [0.3, 0.4) is 0 Å². The summed E-state index contributed by atoms with van der Waals surface area (Å²) in [6.45, 7) is 7.78. The maximum atomic E-state index is 4.71. The Morgan fingerprint density at radius 1 is 1.31 bits per heavy atom. The SMILES string of the molecule is CCCn1nc(C)c(C2[Se]CCC[Se]2)c1C. The van der Waals surface area contributed by atoms with Gasteiger partial charge < -0.3 is 0 Å². The van der Waals surface area contributed by atoms with E-state index < -0.39 is 0 Å². The van der Waals surface area contributed by atoms with Crippen LogP contribution in [0.25, 0.3) is 0 Å². The second-order valence-electron chi connectivity index (χ2n) is 4.23. The van der Waals surface area contributed by atoms with Crippen molar-refractivity contribution >= 4 is 29.9 Å². The van der Waals surface area contributed by atoms with E-state index in [1.165, 1.54) is 34.9 Å². The fourth-order valence-corrected chi connectivity index (χ4v) is 10.7. The normalized spacial score (nSPS) is 17.9. The van der Waals surface area contributed by atoms with E-state index in [0.717, 1.165) is 40.2 Å². The van der Waals surface area contributed by atoms with Crippen LogP contribution in [-0.2, 0) is 6.54 Å². The van der Waals surface area contributed by atoms with Crippen LogP contribution in [-0.4, -0.2) is 39.7 Å². The Morgan fingerprint density at radius 2 is 2.00 bits per heavy atom. The predicted octanol–water partition coefficient (Wildman–Crippen LogP) is 2.56. The fraction of sp³-hybridized carbons (Fsp3) is 0.750. The fourth-order valence-electron chi connectivity index (χ4n) is 2.14. The molecule has 16 heavy (non-hydrogen) atoms. The molecule has 1 aromatic heterocycles. The van der Waals surface area contributed by atoms with E-state index in [-0.39, 0.29) is 0 Å². The van der Waals surface area contributed by atoms with Gasteiger partial charge >= 0.3 is 111 Å². The maximum absolute atomic E-state index is 4.71. The average Bonchev–Trinajstić information content (AvgIpc) is 2.56. The summed E-state index contributed by atoms with van der Waals surface area (Å²) in [5.74, 6) is 0. The average molecular weight is 350 g/mol. The van der Waals surface area contributed by atoms with Crippen molar-refractivity contribution in [2.75, 3.05) is 0 Å². The molecule has 0 aromatic carbocycles. The number of rotatable bonds is 3. The van der Waals surface area contributed by atoms with Crippen LogP contribution in [0, 0.1) is 13.8 Å². The van der Waals surface area contributed by atoms with Crippen molar-refractivity contribution in [2.24, 2.45) is 0 Å². The van der Waals surface area contributed by atoms with Gasteiger partial charge in [-0.15, -0.1) is 0 Å². The van der Waals surface area contributed by atoms with Crippen LogP contribution < -0.4 is 0 Å². The Labute approximate surface area is 111 Å². The summed E-state index contributed by atoms with van der Waals surface area (Å²) < 4.78 is 3.14. The second kappa shape index (κ2) is 5.73. The van der Waals surface area contributed by atoms with Crippen molar-refractivity contribution in [3.05, 3.63) is 17.0 Å². The van der Waals surface area contributed by atoms with Crippen LogP contribution in [0.2, 0.25) is 10.6 Å². The molecule has 0 unspecified atom stereocenters. The molecule has 1 fully saturated rings. The molecule has 0 amide bonds. The van der Waals surface area contributed by atoms with Crippen molar-refractivity contribution in [3.8, 4) is 0 Å². The molecule has 0 spiro atoms. The molecule has 0 saturated carbocycles. The second-order valence-corrected chi connectivity index (χ2v) is 10.8. The summed E-state index contributed by atoms with van der Waals surface area (Å²) in [5.41, 5.74) is 4.38. The summed E-state index contributed by atoms with van der Waals surface area (Å²) in [5, 5.41) is 7.68. The van der Waals surface area contributed by atoms with Gasteiger partial charge in [0, 0.05) is 0 Å². The molecule has 1 saturated heterocycles. The van der Waals surface area contributed by atoms with Gasteiger partial charge in [0.1, 0.15) is 0 Å². The van der Waals surface area contributed by atoms with Crippen molar-refractivity contribution in [1.29, 1.82) is 0 Å². The summed E-state index contributed by atoms with van der Waals surface area (Å²) >= 11 is 1.68. The number of aryl methyl sites for hydroxylation is 2. The van der Waals surface area contributed by atoms with E-state index in [4.69, 9.17) is 5.10 Å². The number of nitrogens with zero attached hydrogens (tertiary/aromatic N) is 2. The van der Waals surface area contributed by atoms with Crippen LogP contribution >= 0.6 is 0 Å². The molecule has 0 bridgehead atoms. The van der Waals surface area contributed by atoms with Crippen LogP contribution in [0.5, 0.6) is 0 Å². The van der Waals surface area contributed by atoms with Gasteiger partial charge in [-0.3, -0.25) is 0 Å². The quantitative estimate of drug-likeness (QED) is 0.767. The van der Waals surface area contributed by atoms with Crippen LogP contribution in [0.15, 0.2) is 0 Å². The first-order chi connectivity index (χ1) is 7.74. The molecule has 0 radical (unpaired) electrons. The summed E-state index contributed by atoms with van der Waals surface area (Å²) in [6.07, 6.45) is 2.67. The van der Waals surface area contributed by atoms with Crippen LogP contribution in [0.4, 0.5) is 0 Å². The number of hydrogen-bond acceptors (Lipinski definition) is 1. The molecule has 1 aliphatic heterocycles. The van der Waals surface area contributed by atoms with Gasteiger partial charge in [0.15, 0.2) is 0 Å². The Bertz CT molecular complexity index is 354. The Kier molecular flexibility index (Phi) is 4.55. The predicted molar refractivity (Wildman–Crippen MR) is 70.5 cm³/mol. The molecule has 0 N–H and O–H groups in total. The van der Waals surface area contributed by atoms with Crippen LogP contribution in [0.1, 0.15) is 40.4 Å². The molecule has 2 heterocycles. The third-order valence-electron chi connectivity index (χ3n) is 2.94. The zero-order valence-corrected chi connectivity index (χ0v) is 13.7. The molecular weight excluding hydrogens is 330 g/mol. The van der Waals surface area contributed by atoms with Crippen molar-refractivity contribution in [3.63, 3.8) is 0 Å². The summed E-state index contributed by atoms with van der Waals surface area (Å²) in [4.78, 5) is 0. The van der Waals surface area contributed by atoms with Gasteiger partial charge in [-0.05, 0) is 0 Å². The van der Waals surface area contributed by atoms with E-state index in [1.54, 1.807) is 5.56 Å². The molecular formula is C12H20N2Se2. The molecule has 1 aromatic rings. The van der Waals surface area contributed by atoms with Gasteiger partial charge in [0.2, 0.25) is 0 Å². The Balaban J connectivity index is 2.24. The van der Waals surface area contributed by atoms with Crippen molar-refractivity contribution in [2.45, 2.75) is 54.5 Å². The number of hydrogen-bond donors (Lipinski definition) is 0. The van der Waals surface area contributed by atoms with Crippen molar-refractivity contribution < 1.29 is 0 Å². The molecule has 2 rings (SSSR count). The molecule has 0 aliphatic carbocycles. The van der Waals surface area contributed by atoms with E-state index in [2.05, 4.69) is 25.5 Å². The Morgan fingerprint density at radius 3 is 2.62 bits per heavy atom. The summed E-state index contributed by atoms with van der Waals surface area (Å²) in [7, 11) is 0. The van der Waals surface area contributed by atoms with Gasteiger partial charge in [-0.2, -0.15) is 0 Å². The third kappa shape index (κ3) is 2.56. The first-order valence-corrected chi connectivity index (χ1v) is 10.4. The molecule has 2 nitrogen and oxygen atoms in total. The Hall–Kier alpha value is 0.249. The van der Waals surface area contributed by atoms with Crippen molar-refractivity contribution in [1.82, 2.24) is 9.78 Å². The minimum atomic E-state index is 0.841. The van der Waals surface area contributed by atoms with E-state index >= 15 is 0 Å². The zero-order valence-electron chi connectivity index (χ0n) is 10.3. The zero-order chi connectivity index (χ0) is 11.5. The van der Waals surface area contributed by atoms with E-state index in [0.29, 0.717) is 0 Å². The molecule has 1 aliphatic rings. The molecule has 90 valence electrons. The summed E-state index contributed by atoms with van der Waals surface area (Å²) in [6, 6.07) is 0. The van der Waals surface area contributed by atoms with Gasteiger partial charge in [0.05, 0.1) is 0 Å². The van der Waals surface area contributed by atoms with Gasteiger partial charge in [0.25, 0.3) is 0 Å². The van der Waals surface area contributed by atoms with Gasteiger partial charge in [-0.1, -0.05) is 0 Å². The molecule has 0 atom stereocenters. The first-order valence-electron chi connectivity index (χ1n) is 6.01. The van der Waals surface area contributed by atoms with E-state index in [1.807, 2.05) is 0 Å². The molecule has 4 heteroatoms. The standard InChI is InChI=1S/C12H20N2Se2/c1-4-6-14-10(3)11(9(2)13-14)12-15-7-5-8-16-12/h12H,4-8H2,1-3H3. The number of aromatic nitrogens is 2.